The molecule has 0 bridgehead atoms. The third-order valence-electron chi connectivity index (χ3n) is 5.57. The number of rotatable bonds is 7. The lowest BCUT2D eigenvalue weighted by Crippen LogP contribution is -2.37. The summed E-state index contributed by atoms with van der Waals surface area (Å²) < 4.78 is 10.6. The van der Waals surface area contributed by atoms with Crippen LogP contribution in [-0.2, 0) is 4.74 Å². The van der Waals surface area contributed by atoms with Crippen LogP contribution in [-0.4, -0.2) is 59.7 Å². The van der Waals surface area contributed by atoms with Gasteiger partial charge in [-0.25, -0.2) is 5.43 Å². The van der Waals surface area contributed by atoms with Crippen LogP contribution in [0.2, 0.25) is 0 Å². The van der Waals surface area contributed by atoms with E-state index < -0.39 is 0 Å². The van der Waals surface area contributed by atoms with Crippen molar-refractivity contribution in [3.8, 4) is 11.5 Å². The lowest BCUT2D eigenvalue weighted by molar-refractivity contribution is 0.122. The zero-order valence-electron chi connectivity index (χ0n) is 19.2. The van der Waals surface area contributed by atoms with E-state index in [2.05, 4.69) is 42.9 Å². The minimum Gasteiger partial charge on any atom is -0.504 e. The molecule has 10 heteroatoms. The number of para-hydroxylation sites is 1. The number of hydrogen-bond donors (Lipinski definition) is 3. The van der Waals surface area contributed by atoms with Crippen molar-refractivity contribution < 1.29 is 14.6 Å². The first kappa shape index (κ1) is 22.4. The number of methoxy groups -OCH3 is 1. The maximum absolute atomic E-state index is 10.3. The molecule has 0 spiro atoms. The average Bonchev–Trinajstić information content (AvgIpc) is 2.90. The molecule has 3 aromatic carbocycles. The van der Waals surface area contributed by atoms with Crippen molar-refractivity contribution in [2.45, 2.75) is 0 Å². The number of hydrogen-bond acceptors (Lipinski definition) is 10. The van der Waals surface area contributed by atoms with Gasteiger partial charge in [0.15, 0.2) is 11.5 Å². The van der Waals surface area contributed by atoms with Gasteiger partial charge in [0.05, 0.1) is 26.5 Å². The number of hydrazone groups is 1. The zero-order valence-corrected chi connectivity index (χ0v) is 19.2. The summed E-state index contributed by atoms with van der Waals surface area (Å²) in [5.74, 6) is 1.55. The summed E-state index contributed by atoms with van der Waals surface area (Å²) in [6.45, 7) is 2.57. The molecule has 1 aromatic heterocycles. The molecular weight excluding hydrogens is 446 g/mol. The molecule has 0 atom stereocenters. The van der Waals surface area contributed by atoms with Crippen LogP contribution >= 0.6 is 0 Å². The topological polar surface area (TPSA) is 117 Å². The Bertz CT molecular complexity index is 1350. The lowest BCUT2D eigenvalue weighted by Gasteiger charge is -2.27. The van der Waals surface area contributed by atoms with Gasteiger partial charge in [-0.2, -0.15) is 20.1 Å². The van der Waals surface area contributed by atoms with Gasteiger partial charge in [-0.3, -0.25) is 0 Å². The first-order valence-electron chi connectivity index (χ1n) is 11.2. The van der Waals surface area contributed by atoms with E-state index in [1.54, 1.807) is 18.2 Å². The highest BCUT2D eigenvalue weighted by molar-refractivity contribution is 5.95. The lowest BCUT2D eigenvalue weighted by atomic mass is 10.1. The summed E-state index contributed by atoms with van der Waals surface area (Å²) in [5.41, 5.74) is 4.24. The maximum atomic E-state index is 10.3. The van der Waals surface area contributed by atoms with E-state index in [1.165, 1.54) is 13.3 Å². The van der Waals surface area contributed by atoms with E-state index in [1.807, 2.05) is 35.2 Å². The molecule has 0 amide bonds. The minimum atomic E-state index is 0.00325. The van der Waals surface area contributed by atoms with Gasteiger partial charge >= 0.3 is 0 Å². The molecule has 0 saturated carbocycles. The van der Waals surface area contributed by atoms with Gasteiger partial charge in [0.1, 0.15) is 0 Å². The molecule has 0 radical (unpaired) electrons. The molecule has 5 rings (SSSR count). The van der Waals surface area contributed by atoms with E-state index in [4.69, 9.17) is 9.47 Å². The Morgan fingerprint density at radius 3 is 2.60 bits per heavy atom. The van der Waals surface area contributed by atoms with Crippen molar-refractivity contribution in [2.75, 3.05) is 49.1 Å². The van der Waals surface area contributed by atoms with E-state index in [0.29, 0.717) is 49.5 Å². The number of nitrogens with one attached hydrogen (secondary N) is 2. The normalized spacial score (nSPS) is 13.8. The van der Waals surface area contributed by atoms with E-state index in [9.17, 15) is 5.11 Å². The Kier molecular flexibility index (Phi) is 6.53. The highest BCUT2D eigenvalue weighted by Crippen LogP contribution is 2.28. The van der Waals surface area contributed by atoms with Crippen LogP contribution < -0.4 is 20.4 Å². The quantitative estimate of drug-likeness (QED) is 0.273. The number of aromatic hydroxyl groups is 1. The number of ether oxygens (including phenoxy) is 2. The third-order valence-corrected chi connectivity index (χ3v) is 5.57. The van der Waals surface area contributed by atoms with Crippen molar-refractivity contribution in [2.24, 2.45) is 5.10 Å². The van der Waals surface area contributed by atoms with Gasteiger partial charge in [0, 0.05) is 29.7 Å². The molecule has 4 aromatic rings. The second-order valence-electron chi connectivity index (χ2n) is 7.80. The SMILES string of the molecule is COc1cccc(/C=N\Nc2nc(Nc3cccc4ccccc34)nc(N3CCOCC3)n2)c1O. The second kappa shape index (κ2) is 10.2. The highest BCUT2D eigenvalue weighted by atomic mass is 16.5. The predicted octanol–water partition coefficient (Wildman–Crippen LogP) is 3.77. The number of fused-ring (bicyclic) bond motifs is 1. The molecule has 35 heavy (non-hydrogen) atoms. The van der Waals surface area contributed by atoms with Gasteiger partial charge in [-0.1, -0.05) is 42.5 Å². The molecular formula is C25H25N7O3. The monoisotopic (exact) mass is 471 g/mol. The summed E-state index contributed by atoms with van der Waals surface area (Å²) in [6, 6.07) is 19.3. The molecule has 2 heterocycles. The Labute approximate surface area is 202 Å². The van der Waals surface area contributed by atoms with Gasteiger partial charge in [-0.15, -0.1) is 0 Å². The Balaban J connectivity index is 1.44. The highest BCUT2D eigenvalue weighted by Gasteiger charge is 2.17. The Morgan fingerprint density at radius 2 is 1.74 bits per heavy atom. The van der Waals surface area contributed by atoms with Crippen LogP contribution in [0, 0.1) is 0 Å². The molecule has 0 aliphatic carbocycles. The van der Waals surface area contributed by atoms with Crippen LogP contribution in [0.3, 0.4) is 0 Å². The van der Waals surface area contributed by atoms with Crippen LogP contribution in [0.1, 0.15) is 5.56 Å². The number of anilines is 4. The van der Waals surface area contributed by atoms with Gasteiger partial charge in [0.2, 0.25) is 17.8 Å². The number of morpholine rings is 1. The summed E-state index contributed by atoms with van der Waals surface area (Å²) >= 11 is 0. The maximum Gasteiger partial charge on any atom is 0.250 e. The number of nitrogens with zero attached hydrogens (tertiary/aromatic N) is 5. The van der Waals surface area contributed by atoms with Gasteiger partial charge in [-0.05, 0) is 23.6 Å². The third kappa shape index (κ3) is 5.07. The second-order valence-corrected chi connectivity index (χ2v) is 7.80. The van der Waals surface area contributed by atoms with Gasteiger partial charge < -0.3 is 24.8 Å². The summed E-state index contributed by atoms with van der Waals surface area (Å²) in [4.78, 5) is 15.8. The zero-order chi connectivity index (χ0) is 24.0. The van der Waals surface area contributed by atoms with Crippen LogP contribution in [0.25, 0.3) is 10.8 Å². The number of phenolic OH excluding ortho intramolecular Hbond substituents is 1. The summed E-state index contributed by atoms with van der Waals surface area (Å²) in [6.07, 6.45) is 1.48. The first-order chi connectivity index (χ1) is 17.2. The first-order valence-corrected chi connectivity index (χ1v) is 11.2. The molecule has 0 unspecified atom stereocenters. The number of benzene rings is 3. The van der Waals surface area contributed by atoms with Crippen molar-refractivity contribution in [1.82, 2.24) is 15.0 Å². The number of aromatic nitrogens is 3. The Hall–Kier alpha value is -4.44. The largest absolute Gasteiger partial charge is 0.504 e. The molecule has 1 fully saturated rings. The van der Waals surface area contributed by atoms with E-state index in [0.717, 1.165) is 16.5 Å². The number of phenols is 1. The van der Waals surface area contributed by atoms with Crippen molar-refractivity contribution in [3.05, 3.63) is 66.2 Å². The molecule has 1 aliphatic rings. The Morgan fingerprint density at radius 1 is 0.971 bits per heavy atom. The fourth-order valence-electron chi connectivity index (χ4n) is 3.80. The summed E-state index contributed by atoms with van der Waals surface area (Å²) in [5, 5.41) is 20.0. The van der Waals surface area contributed by atoms with Gasteiger partial charge in [0.25, 0.3) is 0 Å². The summed E-state index contributed by atoms with van der Waals surface area (Å²) in [7, 11) is 1.50. The minimum absolute atomic E-state index is 0.00325. The molecule has 178 valence electrons. The molecule has 10 nitrogen and oxygen atoms in total. The van der Waals surface area contributed by atoms with Crippen molar-refractivity contribution >= 4 is 40.5 Å². The predicted molar refractivity (Wildman–Crippen MR) is 136 cm³/mol. The molecule has 1 saturated heterocycles. The standard InChI is InChI=1S/C25H25N7O3/c1-34-21-11-5-8-18(22(21)33)16-26-31-24-28-23(29-25(30-24)32-12-14-35-15-13-32)27-20-10-4-7-17-6-2-3-9-19(17)20/h2-11,16,33H,12-15H2,1H3,(H2,27,28,29,30,31)/b26-16-. The van der Waals surface area contributed by atoms with Crippen molar-refractivity contribution in [3.63, 3.8) is 0 Å². The molecule has 3 N–H and O–H groups in total. The van der Waals surface area contributed by atoms with E-state index in [-0.39, 0.29) is 11.7 Å². The van der Waals surface area contributed by atoms with Crippen LogP contribution in [0.15, 0.2) is 65.8 Å². The van der Waals surface area contributed by atoms with Crippen molar-refractivity contribution in [1.29, 1.82) is 0 Å². The van der Waals surface area contributed by atoms with E-state index >= 15 is 0 Å². The fraction of sp³-hybridized carbons (Fsp3) is 0.200. The fourth-order valence-corrected chi connectivity index (χ4v) is 3.80. The smallest absolute Gasteiger partial charge is 0.250 e. The molecule has 1 aliphatic heterocycles. The average molecular weight is 472 g/mol. The van der Waals surface area contributed by atoms with Crippen LogP contribution in [0.5, 0.6) is 11.5 Å². The van der Waals surface area contributed by atoms with Crippen LogP contribution in [0.4, 0.5) is 23.5 Å².